The first-order chi connectivity index (χ1) is 19.7. The van der Waals surface area contributed by atoms with Gasteiger partial charge in [0.05, 0.1) is 4.90 Å². The number of likely N-dealkylation sites (tertiary alicyclic amines) is 1. The van der Waals surface area contributed by atoms with Crippen molar-refractivity contribution in [3.63, 3.8) is 0 Å². The zero-order valence-electron chi connectivity index (χ0n) is 24.2. The van der Waals surface area contributed by atoms with Gasteiger partial charge in [0.25, 0.3) is 10.0 Å². The first-order valence-electron chi connectivity index (χ1n) is 14.1. The van der Waals surface area contributed by atoms with Gasteiger partial charge in [0.1, 0.15) is 5.75 Å². The lowest BCUT2D eigenvalue weighted by Crippen LogP contribution is -2.45. The average Bonchev–Trinajstić information content (AvgIpc) is 2.90. The molecule has 4 rings (SSSR count). The van der Waals surface area contributed by atoms with Crippen LogP contribution in [-0.4, -0.2) is 74.0 Å². The van der Waals surface area contributed by atoms with E-state index in [4.69, 9.17) is 5.73 Å². The number of hydrogen-bond acceptors (Lipinski definition) is 5. The molecule has 0 bridgehead atoms. The summed E-state index contributed by atoms with van der Waals surface area (Å²) in [7, 11) is -4.01. The molecule has 1 saturated heterocycles. The van der Waals surface area contributed by atoms with Crippen LogP contribution in [0.25, 0.3) is 5.73 Å². The van der Waals surface area contributed by atoms with E-state index in [1.54, 1.807) is 6.07 Å². The van der Waals surface area contributed by atoms with Crippen molar-refractivity contribution in [2.75, 3.05) is 30.9 Å². The van der Waals surface area contributed by atoms with Crippen LogP contribution in [0.15, 0.2) is 47.4 Å². The molecule has 1 fully saturated rings. The third-order valence-electron chi connectivity index (χ3n) is 7.33. The summed E-state index contributed by atoms with van der Waals surface area (Å²) in [4.78, 5) is 14.9. The fraction of sp³-hybridized carbons (Fsp3) is 0.552. The summed E-state index contributed by atoms with van der Waals surface area (Å²) < 4.78 is 69.2. The molecule has 1 atom stereocenters. The fourth-order valence-corrected chi connectivity index (χ4v) is 6.37. The van der Waals surface area contributed by atoms with Gasteiger partial charge >= 0.3 is 12.5 Å². The number of likely N-dealkylation sites (N-methyl/N-ethyl adjacent to an activating group) is 1. The summed E-state index contributed by atoms with van der Waals surface area (Å²) in [6.45, 7) is 8.70. The van der Waals surface area contributed by atoms with Crippen LogP contribution in [0.5, 0.6) is 5.75 Å². The predicted octanol–water partition coefficient (Wildman–Crippen LogP) is 6.40. The highest BCUT2D eigenvalue weighted by molar-refractivity contribution is 7.92. The van der Waals surface area contributed by atoms with Crippen molar-refractivity contribution in [1.82, 2.24) is 9.80 Å². The van der Waals surface area contributed by atoms with Crippen LogP contribution < -0.4 is 9.46 Å². The second-order valence-electron chi connectivity index (χ2n) is 11.0. The monoisotopic (exact) mass is 613 g/mol. The van der Waals surface area contributed by atoms with E-state index in [1.165, 1.54) is 10.5 Å². The van der Waals surface area contributed by atoms with Gasteiger partial charge in [-0.25, -0.2) is 13.2 Å². The van der Waals surface area contributed by atoms with Crippen molar-refractivity contribution in [3.05, 3.63) is 59.3 Å². The number of hydrogen-bond donors (Lipinski definition) is 2. The second-order valence-corrected chi connectivity index (χ2v) is 12.6. The first kappa shape index (κ1) is 33.5. The SMILES string of the molecule is CC(C)[NH-].CCN(CC1CCN(C(=O)O)CC1)C1CCc2ccc(NS(=O)(=O)c3ccc(OC(F)(F)F)cc3)cc2C1. The number of ether oxygens (including phenoxy) is 1. The Morgan fingerprint density at radius 2 is 1.74 bits per heavy atom. The molecule has 42 heavy (non-hydrogen) atoms. The van der Waals surface area contributed by atoms with Crippen molar-refractivity contribution in [2.45, 2.75) is 76.2 Å². The number of piperidine rings is 1. The lowest BCUT2D eigenvalue weighted by molar-refractivity contribution is -0.274. The molecular formula is C29H40F3N4O5S-. The smallest absolute Gasteiger partial charge is 0.573 e. The molecule has 13 heteroatoms. The van der Waals surface area contributed by atoms with Gasteiger partial charge in [-0.2, -0.15) is 0 Å². The van der Waals surface area contributed by atoms with E-state index in [9.17, 15) is 31.5 Å². The molecule has 1 heterocycles. The third-order valence-corrected chi connectivity index (χ3v) is 8.73. The summed E-state index contributed by atoms with van der Waals surface area (Å²) >= 11 is 0. The molecule has 0 aromatic heterocycles. The molecule has 0 spiro atoms. The van der Waals surface area contributed by atoms with E-state index in [2.05, 4.69) is 21.3 Å². The van der Waals surface area contributed by atoms with E-state index in [0.29, 0.717) is 30.7 Å². The maximum atomic E-state index is 12.8. The van der Waals surface area contributed by atoms with Crippen molar-refractivity contribution in [2.24, 2.45) is 5.92 Å². The molecule has 0 radical (unpaired) electrons. The Morgan fingerprint density at radius 3 is 2.29 bits per heavy atom. The van der Waals surface area contributed by atoms with Crippen LogP contribution in [-0.2, 0) is 22.9 Å². The lowest BCUT2D eigenvalue weighted by Gasteiger charge is -2.39. The van der Waals surface area contributed by atoms with Gasteiger partial charge in [-0.05, 0) is 92.1 Å². The number of sulfonamides is 1. The van der Waals surface area contributed by atoms with Crippen LogP contribution in [0.1, 0.15) is 51.2 Å². The molecule has 2 aliphatic rings. The average molecular weight is 614 g/mol. The number of benzene rings is 2. The highest BCUT2D eigenvalue weighted by Crippen LogP contribution is 2.30. The Labute approximate surface area is 245 Å². The summed E-state index contributed by atoms with van der Waals surface area (Å²) in [6, 6.07) is 9.90. The Kier molecular flexibility index (Phi) is 11.5. The Balaban J connectivity index is 0.00000114. The predicted molar refractivity (Wildman–Crippen MR) is 155 cm³/mol. The summed E-state index contributed by atoms with van der Waals surface area (Å²) in [5.74, 6) is -0.0535. The Morgan fingerprint density at radius 1 is 1.12 bits per heavy atom. The number of carbonyl (C=O) groups is 1. The number of aryl methyl sites for hydroxylation is 1. The molecule has 9 nitrogen and oxygen atoms in total. The first-order valence-corrected chi connectivity index (χ1v) is 15.6. The normalized spacial score (nSPS) is 17.8. The van der Waals surface area contributed by atoms with Gasteiger partial charge in [0.15, 0.2) is 0 Å². The van der Waals surface area contributed by atoms with Crippen LogP contribution in [0.2, 0.25) is 0 Å². The van der Waals surface area contributed by atoms with Gasteiger partial charge in [-0.1, -0.05) is 26.8 Å². The minimum absolute atomic E-state index is 0.0833. The number of rotatable bonds is 8. The van der Waals surface area contributed by atoms with Crippen LogP contribution in [0, 0.1) is 5.92 Å². The van der Waals surface area contributed by atoms with Crippen molar-refractivity contribution in [3.8, 4) is 5.75 Å². The standard InChI is InChI=1S/C26H32F3N3O5S.C3H8N/c1-2-31(17-18-11-13-32(14-12-18)25(33)34)22-6-4-19-3-5-21(15-20(19)16-22)30-38(35,36)24-9-7-23(8-10-24)37-26(27,28)29;1-3(2)4/h3,5,7-10,15,18,22,30H,2,4,6,11-14,16-17H2,1H3,(H,33,34);3-4H,1-2H3/q;-1. The topological polar surface area (TPSA) is 123 Å². The summed E-state index contributed by atoms with van der Waals surface area (Å²) in [6.07, 6.45) is -1.38. The van der Waals surface area contributed by atoms with Gasteiger partial charge in [-0.3, -0.25) is 4.72 Å². The largest absolute Gasteiger partial charge is 0.675 e. The number of carboxylic acid groups (broad SMARTS) is 1. The highest BCUT2D eigenvalue weighted by Gasteiger charge is 2.31. The molecule has 3 N–H and O–H groups in total. The minimum Gasteiger partial charge on any atom is -0.675 e. The van der Waals surface area contributed by atoms with E-state index in [1.807, 2.05) is 26.0 Å². The summed E-state index contributed by atoms with van der Waals surface area (Å²) in [5.41, 5.74) is 9.21. The van der Waals surface area contributed by atoms with Crippen molar-refractivity contribution < 1.29 is 36.2 Å². The van der Waals surface area contributed by atoms with Crippen LogP contribution in [0.3, 0.4) is 0 Å². The van der Waals surface area contributed by atoms with Gasteiger partial charge in [0.2, 0.25) is 0 Å². The number of amides is 1. The molecule has 234 valence electrons. The fourth-order valence-electron chi connectivity index (χ4n) is 5.32. The molecule has 1 aliphatic heterocycles. The Hall–Kier alpha value is -3.03. The number of anilines is 1. The van der Waals surface area contributed by atoms with E-state index >= 15 is 0 Å². The number of nitrogens with one attached hydrogen (secondary N) is 2. The second kappa shape index (κ2) is 14.4. The number of alkyl halides is 3. The van der Waals surface area contributed by atoms with E-state index < -0.39 is 28.2 Å². The maximum Gasteiger partial charge on any atom is 0.573 e. The maximum absolute atomic E-state index is 12.8. The summed E-state index contributed by atoms with van der Waals surface area (Å²) in [5, 5.41) is 9.19. The molecule has 1 unspecified atom stereocenters. The molecule has 1 amide bonds. The molecule has 2 aromatic rings. The lowest BCUT2D eigenvalue weighted by atomic mass is 9.86. The zero-order valence-corrected chi connectivity index (χ0v) is 25.0. The van der Waals surface area contributed by atoms with Gasteiger partial charge < -0.3 is 25.4 Å². The minimum atomic E-state index is -4.86. The zero-order chi connectivity index (χ0) is 31.1. The quantitative estimate of drug-likeness (QED) is 0.355. The highest BCUT2D eigenvalue weighted by atomic mass is 32.2. The molecule has 1 aliphatic carbocycles. The van der Waals surface area contributed by atoms with E-state index in [0.717, 1.165) is 75.0 Å². The van der Waals surface area contributed by atoms with Gasteiger partial charge in [0, 0.05) is 31.4 Å². The number of halogens is 3. The van der Waals surface area contributed by atoms with Crippen LogP contribution >= 0.6 is 0 Å². The number of fused-ring (bicyclic) bond motifs is 1. The molecule has 0 saturated carbocycles. The third kappa shape index (κ3) is 10.1. The molecular weight excluding hydrogens is 573 g/mol. The van der Waals surface area contributed by atoms with Crippen molar-refractivity contribution >= 4 is 21.8 Å². The van der Waals surface area contributed by atoms with Crippen molar-refractivity contribution in [1.29, 1.82) is 0 Å². The van der Waals surface area contributed by atoms with Crippen LogP contribution in [0.4, 0.5) is 23.7 Å². The number of nitrogens with zero attached hydrogens (tertiary/aromatic N) is 2. The van der Waals surface area contributed by atoms with Gasteiger partial charge in [-0.15, -0.1) is 19.2 Å². The van der Waals surface area contributed by atoms with E-state index in [-0.39, 0.29) is 10.9 Å². The Bertz CT molecular complexity index is 1280. The molecule has 2 aromatic carbocycles.